The number of phenols is 2. The average molecular weight is 350 g/mol. The average Bonchev–Trinajstić information content (AvgIpc) is 2.47. The van der Waals surface area contributed by atoms with E-state index in [1.165, 1.54) is 6.07 Å². The van der Waals surface area contributed by atoms with Gasteiger partial charge in [0.25, 0.3) is 10.1 Å². The molecule has 0 heterocycles. The zero-order chi connectivity index (χ0) is 18.0. The second kappa shape index (κ2) is 4.69. The van der Waals surface area contributed by atoms with Gasteiger partial charge in [-0.3, -0.25) is 14.1 Å². The monoisotopic (exact) mass is 350 g/mol. The number of nitrogens with two attached hydrogens (primary N) is 2. The van der Waals surface area contributed by atoms with E-state index in [4.69, 9.17) is 16.0 Å². The molecule has 0 bridgehead atoms. The Labute approximate surface area is 134 Å². The van der Waals surface area contributed by atoms with Gasteiger partial charge in [-0.2, -0.15) is 8.42 Å². The van der Waals surface area contributed by atoms with Crippen molar-refractivity contribution < 1.29 is 32.8 Å². The van der Waals surface area contributed by atoms with Crippen LogP contribution in [0.3, 0.4) is 0 Å². The molecule has 0 fully saturated rings. The lowest BCUT2D eigenvalue weighted by atomic mass is 9.81. The maximum Gasteiger partial charge on any atom is 0.298 e. The highest BCUT2D eigenvalue weighted by molar-refractivity contribution is 7.86. The molecule has 1 aliphatic rings. The molecule has 10 heteroatoms. The van der Waals surface area contributed by atoms with Crippen LogP contribution in [-0.2, 0) is 10.1 Å². The smallest absolute Gasteiger partial charge is 0.298 e. The number of hydrogen-bond donors (Lipinski definition) is 5. The number of ketones is 2. The van der Waals surface area contributed by atoms with Gasteiger partial charge in [0.15, 0.2) is 0 Å². The number of hydrogen-bond acceptors (Lipinski definition) is 8. The van der Waals surface area contributed by atoms with E-state index in [1.54, 1.807) is 0 Å². The Hall–Kier alpha value is -3.11. The summed E-state index contributed by atoms with van der Waals surface area (Å²) in [4.78, 5) is 24.2. The van der Waals surface area contributed by atoms with Crippen molar-refractivity contribution in [2.75, 3.05) is 11.5 Å². The summed E-state index contributed by atoms with van der Waals surface area (Å²) in [6.07, 6.45) is 0. The van der Waals surface area contributed by atoms with Crippen LogP contribution in [0, 0.1) is 0 Å². The quantitative estimate of drug-likeness (QED) is 0.234. The molecule has 2 aromatic carbocycles. The minimum atomic E-state index is -4.90. The number of carbonyl (C=O) groups is 2. The molecule has 0 amide bonds. The predicted octanol–water partition coefficient (Wildman–Crippen LogP) is 0.284. The Morgan fingerprint density at radius 3 is 1.96 bits per heavy atom. The van der Waals surface area contributed by atoms with Gasteiger partial charge in [0.05, 0.1) is 22.3 Å². The molecule has 0 saturated carbocycles. The standard InChI is InChI=1S/C14H10N2O7S/c15-4-1-2-6(17)10-8(4)14(20)11-9(13(10)19)5(16)3-7(12(11)18)24(21,22)23/h1-3,17-18H,15-16H2,(H,21,22,23). The molecule has 1 aliphatic carbocycles. The van der Waals surface area contributed by atoms with Crippen molar-refractivity contribution in [3.63, 3.8) is 0 Å². The molecule has 3 rings (SSSR count). The first kappa shape index (κ1) is 15.8. The number of fused-ring (bicyclic) bond motifs is 2. The lowest BCUT2D eigenvalue weighted by Crippen LogP contribution is -2.25. The van der Waals surface area contributed by atoms with E-state index in [1.807, 2.05) is 0 Å². The summed E-state index contributed by atoms with van der Waals surface area (Å²) < 4.78 is 31.8. The number of phenolic OH excluding ortho intramolecular Hbond substituents is 2. The summed E-state index contributed by atoms with van der Waals surface area (Å²) >= 11 is 0. The zero-order valence-corrected chi connectivity index (χ0v) is 12.6. The van der Waals surface area contributed by atoms with Gasteiger partial charge >= 0.3 is 0 Å². The molecule has 0 radical (unpaired) electrons. The van der Waals surface area contributed by atoms with Crippen LogP contribution >= 0.6 is 0 Å². The van der Waals surface area contributed by atoms with E-state index in [2.05, 4.69) is 0 Å². The van der Waals surface area contributed by atoms with Crippen LogP contribution in [0.15, 0.2) is 23.1 Å². The van der Waals surface area contributed by atoms with E-state index < -0.39 is 60.5 Å². The molecule has 7 N–H and O–H groups in total. The van der Waals surface area contributed by atoms with Crippen molar-refractivity contribution in [3.8, 4) is 11.5 Å². The lowest BCUT2D eigenvalue weighted by Gasteiger charge is -2.22. The number of carbonyl (C=O) groups excluding carboxylic acids is 2. The Balaban J connectivity index is 2.48. The second-order valence-electron chi connectivity index (χ2n) is 5.12. The van der Waals surface area contributed by atoms with Crippen LogP contribution in [0.25, 0.3) is 0 Å². The van der Waals surface area contributed by atoms with E-state index in [0.717, 1.165) is 6.07 Å². The van der Waals surface area contributed by atoms with Crippen molar-refractivity contribution in [2.24, 2.45) is 0 Å². The van der Waals surface area contributed by atoms with Crippen LogP contribution in [-0.4, -0.2) is 34.8 Å². The fourth-order valence-electron chi connectivity index (χ4n) is 2.66. The Bertz CT molecular complexity index is 1060. The van der Waals surface area contributed by atoms with Crippen molar-refractivity contribution >= 4 is 33.1 Å². The molecule has 0 atom stereocenters. The third kappa shape index (κ3) is 1.94. The first-order valence-corrected chi connectivity index (χ1v) is 7.83. The topological polar surface area (TPSA) is 181 Å². The van der Waals surface area contributed by atoms with Crippen LogP contribution in [0.2, 0.25) is 0 Å². The van der Waals surface area contributed by atoms with Crippen LogP contribution in [0.4, 0.5) is 11.4 Å². The van der Waals surface area contributed by atoms with Crippen molar-refractivity contribution in [1.29, 1.82) is 0 Å². The minimum absolute atomic E-state index is 0.151. The maximum absolute atomic E-state index is 12.6. The van der Waals surface area contributed by atoms with Gasteiger partial charge in [0.1, 0.15) is 16.4 Å². The largest absolute Gasteiger partial charge is 0.507 e. The van der Waals surface area contributed by atoms with E-state index >= 15 is 0 Å². The zero-order valence-electron chi connectivity index (χ0n) is 11.8. The molecule has 0 spiro atoms. The summed E-state index contributed by atoms with van der Waals surface area (Å²) in [6.45, 7) is 0. The highest BCUT2D eigenvalue weighted by Gasteiger charge is 2.39. The Morgan fingerprint density at radius 1 is 0.833 bits per heavy atom. The molecular weight excluding hydrogens is 340 g/mol. The fraction of sp³-hybridized carbons (Fsp3) is 0. The van der Waals surface area contributed by atoms with Crippen molar-refractivity contribution in [1.82, 2.24) is 0 Å². The van der Waals surface area contributed by atoms with Gasteiger partial charge in [0, 0.05) is 11.4 Å². The summed E-state index contributed by atoms with van der Waals surface area (Å²) in [5.74, 6) is -3.53. The van der Waals surface area contributed by atoms with E-state index in [0.29, 0.717) is 6.07 Å². The highest BCUT2D eigenvalue weighted by Crippen LogP contribution is 2.43. The molecule has 24 heavy (non-hydrogen) atoms. The van der Waals surface area contributed by atoms with Crippen molar-refractivity contribution in [2.45, 2.75) is 4.90 Å². The van der Waals surface area contributed by atoms with Gasteiger partial charge in [-0.1, -0.05) is 0 Å². The SMILES string of the molecule is Nc1ccc(O)c2c1C(=O)c1c(O)c(S(=O)(=O)O)cc(N)c1C2=O. The summed E-state index contributed by atoms with van der Waals surface area (Å²) in [5.41, 5.74) is 8.75. The summed E-state index contributed by atoms with van der Waals surface area (Å²) in [6, 6.07) is 2.95. The van der Waals surface area contributed by atoms with Crippen LogP contribution in [0.5, 0.6) is 11.5 Å². The maximum atomic E-state index is 12.6. The second-order valence-corrected chi connectivity index (χ2v) is 6.51. The van der Waals surface area contributed by atoms with Gasteiger partial charge < -0.3 is 21.7 Å². The number of aromatic hydroxyl groups is 2. The highest BCUT2D eigenvalue weighted by atomic mass is 32.2. The van der Waals surface area contributed by atoms with Gasteiger partial charge in [0.2, 0.25) is 11.6 Å². The third-order valence-corrected chi connectivity index (χ3v) is 4.56. The first-order valence-electron chi connectivity index (χ1n) is 6.39. The fourth-order valence-corrected chi connectivity index (χ4v) is 3.28. The molecule has 0 aliphatic heterocycles. The molecule has 2 aromatic rings. The molecule has 9 nitrogen and oxygen atoms in total. The van der Waals surface area contributed by atoms with Crippen LogP contribution < -0.4 is 11.5 Å². The Kier molecular flexibility index (Phi) is 3.08. The van der Waals surface area contributed by atoms with Gasteiger partial charge in [-0.05, 0) is 18.2 Å². The summed E-state index contributed by atoms with van der Waals surface area (Å²) in [5, 5.41) is 20.0. The molecule has 0 aromatic heterocycles. The number of rotatable bonds is 1. The predicted molar refractivity (Wildman–Crippen MR) is 81.7 cm³/mol. The minimum Gasteiger partial charge on any atom is -0.507 e. The number of benzene rings is 2. The van der Waals surface area contributed by atoms with Gasteiger partial charge in [-0.15, -0.1) is 0 Å². The number of nitrogen functional groups attached to an aromatic ring is 2. The van der Waals surface area contributed by atoms with Crippen LogP contribution in [0.1, 0.15) is 31.8 Å². The Morgan fingerprint density at radius 2 is 1.38 bits per heavy atom. The molecule has 0 saturated heterocycles. The molecular formula is C14H10N2O7S. The first-order chi connectivity index (χ1) is 11.1. The normalized spacial score (nSPS) is 13.5. The summed E-state index contributed by atoms with van der Waals surface area (Å²) in [7, 11) is -4.90. The van der Waals surface area contributed by atoms with E-state index in [-0.39, 0.29) is 11.3 Å². The van der Waals surface area contributed by atoms with E-state index in [9.17, 15) is 28.2 Å². The lowest BCUT2D eigenvalue weighted by molar-refractivity contribution is 0.0975. The molecule has 124 valence electrons. The third-order valence-electron chi connectivity index (χ3n) is 3.70. The van der Waals surface area contributed by atoms with Crippen molar-refractivity contribution in [3.05, 3.63) is 40.5 Å². The van der Waals surface area contributed by atoms with Gasteiger partial charge in [-0.25, -0.2) is 0 Å². The molecule has 0 unspecified atom stereocenters. The number of anilines is 2.